The van der Waals surface area contributed by atoms with Gasteiger partial charge in [-0.1, -0.05) is 26.0 Å². The lowest BCUT2D eigenvalue weighted by Crippen LogP contribution is -2.13. The molecular formula is C16H27NO. The predicted molar refractivity (Wildman–Crippen MR) is 78.6 cm³/mol. The normalized spacial score (nSPS) is 11.3. The molecule has 0 radical (unpaired) electrons. The second kappa shape index (κ2) is 7.42. The molecule has 0 aromatic heterocycles. The Balaban J connectivity index is 2.79. The zero-order chi connectivity index (χ0) is 13.5. The Kier molecular flexibility index (Phi) is 6.20. The van der Waals surface area contributed by atoms with E-state index in [1.165, 1.54) is 17.5 Å². The fraction of sp³-hybridized carbons (Fsp3) is 0.625. The first-order valence-electron chi connectivity index (χ1n) is 6.95. The molecule has 2 nitrogen and oxygen atoms in total. The molecule has 0 atom stereocenters. The molecule has 0 fully saturated rings. The molecular weight excluding hydrogens is 222 g/mol. The van der Waals surface area contributed by atoms with Gasteiger partial charge in [0.05, 0.1) is 6.61 Å². The highest BCUT2D eigenvalue weighted by Crippen LogP contribution is 2.25. The van der Waals surface area contributed by atoms with E-state index >= 15 is 0 Å². The van der Waals surface area contributed by atoms with Crippen LogP contribution in [0.15, 0.2) is 18.2 Å². The quantitative estimate of drug-likeness (QED) is 0.730. The van der Waals surface area contributed by atoms with Crippen LogP contribution in [0.1, 0.15) is 44.2 Å². The van der Waals surface area contributed by atoms with E-state index in [1.54, 1.807) is 0 Å². The highest BCUT2D eigenvalue weighted by atomic mass is 16.5. The Bertz CT molecular complexity index is 358. The van der Waals surface area contributed by atoms with Crippen molar-refractivity contribution in [2.24, 2.45) is 0 Å². The molecule has 0 unspecified atom stereocenters. The minimum atomic E-state index is 0.577. The summed E-state index contributed by atoms with van der Waals surface area (Å²) in [6, 6.07) is 6.63. The van der Waals surface area contributed by atoms with Crippen LogP contribution in [-0.2, 0) is 6.42 Å². The first-order valence-corrected chi connectivity index (χ1v) is 6.95. The molecule has 2 heteroatoms. The minimum absolute atomic E-state index is 0.577. The lowest BCUT2D eigenvalue weighted by atomic mass is 9.98. The van der Waals surface area contributed by atoms with E-state index in [1.807, 2.05) is 6.92 Å². The summed E-state index contributed by atoms with van der Waals surface area (Å²) in [5.74, 6) is 1.63. The van der Waals surface area contributed by atoms with Gasteiger partial charge >= 0.3 is 0 Å². The van der Waals surface area contributed by atoms with Crippen molar-refractivity contribution in [1.29, 1.82) is 0 Å². The predicted octanol–water partition coefficient (Wildman–Crippen LogP) is 3.70. The largest absolute Gasteiger partial charge is 0.494 e. The van der Waals surface area contributed by atoms with Crippen molar-refractivity contribution in [3.8, 4) is 5.75 Å². The Morgan fingerprint density at radius 2 is 1.94 bits per heavy atom. The van der Waals surface area contributed by atoms with E-state index < -0.39 is 0 Å². The molecule has 0 saturated heterocycles. The van der Waals surface area contributed by atoms with E-state index in [2.05, 4.69) is 51.0 Å². The van der Waals surface area contributed by atoms with Gasteiger partial charge in [0.1, 0.15) is 5.75 Å². The first-order chi connectivity index (χ1) is 8.54. The molecule has 0 bridgehead atoms. The summed E-state index contributed by atoms with van der Waals surface area (Å²) in [7, 11) is 4.24. The van der Waals surface area contributed by atoms with Crippen LogP contribution in [-0.4, -0.2) is 32.1 Å². The highest BCUT2D eigenvalue weighted by molar-refractivity contribution is 5.38. The van der Waals surface area contributed by atoms with Gasteiger partial charge in [-0.25, -0.2) is 0 Å². The lowest BCUT2D eigenvalue weighted by molar-refractivity contribution is 0.334. The molecule has 18 heavy (non-hydrogen) atoms. The Labute approximate surface area is 112 Å². The fourth-order valence-corrected chi connectivity index (χ4v) is 2.04. The summed E-state index contributed by atoms with van der Waals surface area (Å²) in [4.78, 5) is 2.23. The number of ether oxygens (including phenoxy) is 1. The molecule has 1 aromatic rings. The van der Waals surface area contributed by atoms with Crippen molar-refractivity contribution in [3.63, 3.8) is 0 Å². The topological polar surface area (TPSA) is 12.5 Å². The van der Waals surface area contributed by atoms with E-state index in [0.29, 0.717) is 5.92 Å². The summed E-state index contributed by atoms with van der Waals surface area (Å²) in [5.41, 5.74) is 2.75. The molecule has 0 N–H and O–H groups in total. The van der Waals surface area contributed by atoms with Crippen molar-refractivity contribution in [3.05, 3.63) is 29.3 Å². The van der Waals surface area contributed by atoms with E-state index in [4.69, 9.17) is 4.74 Å². The van der Waals surface area contributed by atoms with Crippen LogP contribution in [0.4, 0.5) is 0 Å². The number of hydrogen-bond donors (Lipinski definition) is 0. The maximum atomic E-state index is 5.72. The molecule has 0 saturated carbocycles. The van der Waals surface area contributed by atoms with Crippen molar-refractivity contribution in [2.45, 2.75) is 39.5 Å². The van der Waals surface area contributed by atoms with Crippen LogP contribution < -0.4 is 4.74 Å². The summed E-state index contributed by atoms with van der Waals surface area (Å²) in [5, 5.41) is 0. The highest BCUT2D eigenvalue weighted by Gasteiger charge is 2.07. The summed E-state index contributed by atoms with van der Waals surface area (Å²) in [6.07, 6.45) is 2.27. The maximum Gasteiger partial charge on any atom is 0.122 e. The Morgan fingerprint density at radius 3 is 2.50 bits per heavy atom. The van der Waals surface area contributed by atoms with Gasteiger partial charge < -0.3 is 9.64 Å². The minimum Gasteiger partial charge on any atom is -0.494 e. The van der Waals surface area contributed by atoms with Gasteiger partial charge in [-0.15, -0.1) is 0 Å². The number of hydrogen-bond acceptors (Lipinski definition) is 2. The van der Waals surface area contributed by atoms with Crippen LogP contribution >= 0.6 is 0 Å². The standard InChI is InChI=1S/C16H27NO/c1-6-18-16-10-9-14(13(2)3)12-15(16)8-7-11-17(4)5/h9-10,12-13H,6-8,11H2,1-5H3. The third kappa shape index (κ3) is 4.69. The van der Waals surface area contributed by atoms with Gasteiger partial charge in [-0.3, -0.25) is 0 Å². The first kappa shape index (κ1) is 15.0. The van der Waals surface area contributed by atoms with Crippen LogP contribution in [0.25, 0.3) is 0 Å². The molecule has 0 spiro atoms. The summed E-state index contributed by atoms with van der Waals surface area (Å²) in [6.45, 7) is 8.37. The zero-order valence-electron chi connectivity index (χ0n) is 12.5. The van der Waals surface area contributed by atoms with E-state index in [9.17, 15) is 0 Å². The van der Waals surface area contributed by atoms with Gasteiger partial charge in [0.25, 0.3) is 0 Å². The van der Waals surface area contributed by atoms with Gasteiger partial charge in [-0.2, -0.15) is 0 Å². The van der Waals surface area contributed by atoms with Crippen molar-refractivity contribution in [1.82, 2.24) is 4.90 Å². The van der Waals surface area contributed by atoms with Crippen molar-refractivity contribution in [2.75, 3.05) is 27.2 Å². The zero-order valence-corrected chi connectivity index (χ0v) is 12.5. The van der Waals surface area contributed by atoms with Gasteiger partial charge in [-0.05, 0) is 63.5 Å². The number of rotatable bonds is 7. The molecule has 1 rings (SSSR count). The molecule has 0 aliphatic rings. The smallest absolute Gasteiger partial charge is 0.122 e. The SMILES string of the molecule is CCOc1ccc(C(C)C)cc1CCCN(C)C. The number of nitrogens with zero attached hydrogens (tertiary/aromatic N) is 1. The number of aryl methyl sites for hydroxylation is 1. The van der Waals surface area contributed by atoms with E-state index in [-0.39, 0.29) is 0 Å². The van der Waals surface area contributed by atoms with Crippen molar-refractivity contribution < 1.29 is 4.74 Å². The van der Waals surface area contributed by atoms with Crippen LogP contribution in [0.2, 0.25) is 0 Å². The second-order valence-corrected chi connectivity index (χ2v) is 5.36. The molecule has 1 aromatic carbocycles. The van der Waals surface area contributed by atoms with Crippen LogP contribution in [0.3, 0.4) is 0 Å². The van der Waals surface area contributed by atoms with Gasteiger partial charge in [0.2, 0.25) is 0 Å². The van der Waals surface area contributed by atoms with Gasteiger partial charge in [0, 0.05) is 0 Å². The monoisotopic (exact) mass is 249 g/mol. The fourth-order valence-electron chi connectivity index (χ4n) is 2.04. The molecule has 0 amide bonds. The molecule has 0 aliphatic heterocycles. The number of benzene rings is 1. The molecule has 102 valence electrons. The Morgan fingerprint density at radius 1 is 1.22 bits per heavy atom. The van der Waals surface area contributed by atoms with Crippen LogP contribution in [0, 0.1) is 0 Å². The third-order valence-corrected chi connectivity index (χ3v) is 3.10. The van der Waals surface area contributed by atoms with Crippen molar-refractivity contribution >= 4 is 0 Å². The summed E-state index contributed by atoms with van der Waals surface area (Å²) < 4.78 is 5.72. The summed E-state index contributed by atoms with van der Waals surface area (Å²) >= 11 is 0. The molecule has 0 aliphatic carbocycles. The van der Waals surface area contributed by atoms with Crippen LogP contribution in [0.5, 0.6) is 5.75 Å². The second-order valence-electron chi connectivity index (χ2n) is 5.36. The lowest BCUT2D eigenvalue weighted by Gasteiger charge is -2.15. The average Bonchev–Trinajstić information content (AvgIpc) is 2.30. The maximum absolute atomic E-state index is 5.72. The Hall–Kier alpha value is -1.02. The average molecular weight is 249 g/mol. The van der Waals surface area contributed by atoms with Gasteiger partial charge in [0.15, 0.2) is 0 Å². The van der Waals surface area contributed by atoms with E-state index in [0.717, 1.165) is 25.3 Å². The third-order valence-electron chi connectivity index (χ3n) is 3.10. The molecule has 0 heterocycles.